The Balaban J connectivity index is 1.64. The summed E-state index contributed by atoms with van der Waals surface area (Å²) in [6.45, 7) is 1.58. The minimum atomic E-state index is -0.295. The first-order chi connectivity index (χ1) is 10.1. The standard InChI is InChI=1S/C16H20ClFN2O/c1-19-10-5-7-20(8-6-10)16(21)12-9-11(12)15-13(17)3-2-4-14(15)18/h2-4,10-12,19H,5-9H2,1H3. The second-order valence-electron chi connectivity index (χ2n) is 5.97. The Kier molecular flexibility index (Phi) is 4.18. The van der Waals surface area contributed by atoms with Crippen molar-refractivity contribution in [2.45, 2.75) is 31.2 Å². The van der Waals surface area contributed by atoms with Crippen LogP contribution in [0, 0.1) is 11.7 Å². The van der Waals surface area contributed by atoms with Crippen molar-refractivity contribution in [1.82, 2.24) is 10.2 Å². The third-order valence-electron chi connectivity index (χ3n) is 4.69. The highest BCUT2D eigenvalue weighted by molar-refractivity contribution is 6.31. The van der Waals surface area contributed by atoms with Gasteiger partial charge in [-0.25, -0.2) is 4.39 Å². The molecule has 0 spiro atoms. The maximum Gasteiger partial charge on any atom is 0.226 e. The lowest BCUT2D eigenvalue weighted by molar-refractivity contribution is -0.133. The van der Waals surface area contributed by atoms with Crippen LogP contribution in [0.15, 0.2) is 18.2 Å². The SMILES string of the molecule is CNC1CCN(C(=O)C2CC2c2c(F)cccc2Cl)CC1. The number of hydrogen-bond acceptors (Lipinski definition) is 2. The van der Waals surface area contributed by atoms with Crippen molar-refractivity contribution < 1.29 is 9.18 Å². The molecule has 1 aromatic rings. The normalized spacial score (nSPS) is 26.0. The fourth-order valence-electron chi connectivity index (χ4n) is 3.27. The molecule has 2 aliphatic rings. The van der Waals surface area contributed by atoms with Crippen LogP contribution in [0.25, 0.3) is 0 Å². The molecule has 114 valence electrons. The zero-order valence-corrected chi connectivity index (χ0v) is 12.9. The van der Waals surface area contributed by atoms with Gasteiger partial charge in [-0.1, -0.05) is 17.7 Å². The first-order valence-corrected chi connectivity index (χ1v) is 7.89. The zero-order valence-electron chi connectivity index (χ0n) is 12.1. The topological polar surface area (TPSA) is 32.3 Å². The van der Waals surface area contributed by atoms with Gasteiger partial charge in [-0.15, -0.1) is 0 Å². The number of carbonyl (C=O) groups excluding carboxylic acids is 1. The van der Waals surface area contributed by atoms with Crippen molar-refractivity contribution in [2.75, 3.05) is 20.1 Å². The van der Waals surface area contributed by atoms with E-state index in [0.29, 0.717) is 23.0 Å². The summed E-state index contributed by atoms with van der Waals surface area (Å²) in [7, 11) is 1.96. The van der Waals surface area contributed by atoms with Crippen LogP contribution in [0.4, 0.5) is 4.39 Å². The Labute approximate surface area is 129 Å². The van der Waals surface area contributed by atoms with Crippen LogP contribution in [0.3, 0.4) is 0 Å². The van der Waals surface area contributed by atoms with E-state index in [0.717, 1.165) is 25.9 Å². The fourth-order valence-corrected chi connectivity index (χ4v) is 3.58. The molecular weight excluding hydrogens is 291 g/mol. The zero-order chi connectivity index (χ0) is 15.0. The third-order valence-corrected chi connectivity index (χ3v) is 5.02. The highest BCUT2D eigenvalue weighted by Crippen LogP contribution is 2.51. The molecule has 0 radical (unpaired) electrons. The maximum atomic E-state index is 13.9. The van der Waals surface area contributed by atoms with Gasteiger partial charge in [-0.2, -0.15) is 0 Å². The molecule has 2 atom stereocenters. The van der Waals surface area contributed by atoms with Gasteiger partial charge in [-0.3, -0.25) is 4.79 Å². The predicted molar refractivity (Wildman–Crippen MR) is 80.9 cm³/mol. The molecule has 1 aliphatic carbocycles. The second kappa shape index (κ2) is 5.93. The van der Waals surface area contributed by atoms with Crippen LogP contribution in [-0.4, -0.2) is 37.0 Å². The van der Waals surface area contributed by atoms with E-state index in [9.17, 15) is 9.18 Å². The molecule has 0 bridgehead atoms. The number of benzene rings is 1. The molecule has 21 heavy (non-hydrogen) atoms. The minimum Gasteiger partial charge on any atom is -0.342 e. The summed E-state index contributed by atoms with van der Waals surface area (Å²) in [6, 6.07) is 5.21. The average molecular weight is 311 g/mol. The van der Waals surface area contributed by atoms with Crippen LogP contribution >= 0.6 is 11.6 Å². The summed E-state index contributed by atoms with van der Waals surface area (Å²) in [4.78, 5) is 14.4. The predicted octanol–water partition coefficient (Wildman–Crippen LogP) is 2.79. The molecule has 1 aliphatic heterocycles. The quantitative estimate of drug-likeness (QED) is 0.931. The number of nitrogens with one attached hydrogen (secondary N) is 1. The van der Waals surface area contributed by atoms with E-state index in [-0.39, 0.29) is 23.6 Å². The molecule has 1 aromatic carbocycles. The molecule has 5 heteroatoms. The van der Waals surface area contributed by atoms with Crippen molar-refractivity contribution in [3.05, 3.63) is 34.6 Å². The van der Waals surface area contributed by atoms with Crippen LogP contribution in [-0.2, 0) is 4.79 Å². The summed E-state index contributed by atoms with van der Waals surface area (Å²) in [5.41, 5.74) is 0.516. The molecule has 2 unspecified atom stereocenters. The Morgan fingerprint density at radius 2 is 2.10 bits per heavy atom. The lowest BCUT2D eigenvalue weighted by Gasteiger charge is -2.32. The minimum absolute atomic E-state index is 0.0479. The molecule has 1 N–H and O–H groups in total. The van der Waals surface area contributed by atoms with Crippen LogP contribution in [0.1, 0.15) is 30.7 Å². The van der Waals surface area contributed by atoms with E-state index in [1.54, 1.807) is 12.1 Å². The number of nitrogens with zero attached hydrogens (tertiary/aromatic N) is 1. The second-order valence-corrected chi connectivity index (χ2v) is 6.38. The summed E-state index contributed by atoms with van der Waals surface area (Å²) < 4.78 is 13.9. The summed E-state index contributed by atoms with van der Waals surface area (Å²) in [5.74, 6) is -0.274. The molecule has 1 saturated heterocycles. The molecular formula is C16H20ClFN2O. The molecule has 2 fully saturated rings. The van der Waals surface area contributed by atoms with Gasteiger partial charge in [0, 0.05) is 41.6 Å². The maximum absolute atomic E-state index is 13.9. The number of piperidine rings is 1. The van der Waals surface area contributed by atoms with Crippen molar-refractivity contribution in [3.63, 3.8) is 0 Å². The number of rotatable bonds is 3. The molecule has 3 rings (SSSR count). The van der Waals surface area contributed by atoms with Gasteiger partial charge in [0.25, 0.3) is 0 Å². The monoisotopic (exact) mass is 310 g/mol. The van der Waals surface area contributed by atoms with Gasteiger partial charge >= 0.3 is 0 Å². The average Bonchev–Trinajstić information content (AvgIpc) is 3.27. The number of likely N-dealkylation sites (tertiary alicyclic amines) is 1. The lowest BCUT2D eigenvalue weighted by Crippen LogP contribution is -2.44. The number of amides is 1. The van der Waals surface area contributed by atoms with E-state index in [1.165, 1.54) is 6.07 Å². The first kappa shape index (κ1) is 14.8. The van der Waals surface area contributed by atoms with E-state index >= 15 is 0 Å². The van der Waals surface area contributed by atoms with E-state index in [2.05, 4.69) is 5.32 Å². The van der Waals surface area contributed by atoms with Crippen LogP contribution < -0.4 is 5.32 Å². The molecule has 3 nitrogen and oxygen atoms in total. The molecule has 1 saturated carbocycles. The highest BCUT2D eigenvalue weighted by Gasteiger charge is 2.48. The van der Waals surface area contributed by atoms with E-state index in [4.69, 9.17) is 11.6 Å². The Hall–Kier alpha value is -1.13. The summed E-state index contributed by atoms with van der Waals surface area (Å²) in [6.07, 6.45) is 2.69. The van der Waals surface area contributed by atoms with Crippen molar-refractivity contribution >= 4 is 17.5 Å². The molecule has 1 heterocycles. The van der Waals surface area contributed by atoms with Crippen molar-refractivity contribution in [1.29, 1.82) is 0 Å². The van der Waals surface area contributed by atoms with Crippen LogP contribution in [0.2, 0.25) is 5.02 Å². The van der Waals surface area contributed by atoms with E-state index < -0.39 is 0 Å². The van der Waals surface area contributed by atoms with Gasteiger partial charge in [0.15, 0.2) is 0 Å². The largest absolute Gasteiger partial charge is 0.342 e. The highest BCUT2D eigenvalue weighted by atomic mass is 35.5. The van der Waals surface area contributed by atoms with Gasteiger partial charge in [0.1, 0.15) is 5.82 Å². The molecule has 1 amide bonds. The third kappa shape index (κ3) is 2.92. The Morgan fingerprint density at radius 1 is 1.38 bits per heavy atom. The van der Waals surface area contributed by atoms with Crippen molar-refractivity contribution in [2.24, 2.45) is 5.92 Å². The van der Waals surface area contributed by atoms with Crippen LogP contribution in [0.5, 0.6) is 0 Å². The van der Waals surface area contributed by atoms with Gasteiger partial charge in [0.2, 0.25) is 5.91 Å². The number of carbonyl (C=O) groups is 1. The van der Waals surface area contributed by atoms with E-state index in [1.807, 2.05) is 11.9 Å². The van der Waals surface area contributed by atoms with Crippen molar-refractivity contribution in [3.8, 4) is 0 Å². The Bertz CT molecular complexity index is 523. The summed E-state index contributed by atoms with van der Waals surface area (Å²) >= 11 is 6.09. The van der Waals surface area contributed by atoms with Gasteiger partial charge in [-0.05, 0) is 38.4 Å². The lowest BCUT2D eigenvalue weighted by atomic mass is 10.0. The van der Waals surface area contributed by atoms with Gasteiger partial charge < -0.3 is 10.2 Å². The summed E-state index contributed by atoms with van der Waals surface area (Å²) in [5, 5.41) is 3.69. The first-order valence-electron chi connectivity index (χ1n) is 7.51. The molecule has 0 aromatic heterocycles. The smallest absolute Gasteiger partial charge is 0.226 e. The number of hydrogen-bond donors (Lipinski definition) is 1. The Morgan fingerprint density at radius 3 is 2.71 bits per heavy atom. The number of halogens is 2. The fraction of sp³-hybridized carbons (Fsp3) is 0.562. The van der Waals surface area contributed by atoms with Gasteiger partial charge in [0.05, 0.1) is 0 Å².